The van der Waals surface area contributed by atoms with Crippen LogP contribution >= 0.6 is 40.1 Å². The smallest absolute Gasteiger partial charge is 0.214 e. The predicted octanol–water partition coefficient (Wildman–Crippen LogP) is 5.01. The van der Waals surface area contributed by atoms with Gasteiger partial charge in [0.15, 0.2) is 23.0 Å². The molecule has 2 N–H and O–H groups in total. The Morgan fingerprint density at radius 3 is 2.71 bits per heavy atom. The van der Waals surface area contributed by atoms with Crippen LogP contribution in [0.1, 0.15) is 23.7 Å². The molecule has 0 fully saturated rings. The van der Waals surface area contributed by atoms with Gasteiger partial charge in [-0.2, -0.15) is 4.68 Å². The Kier molecular flexibility index (Phi) is 11.5. The standard InChI is InChI=1S/C28H30BrN5O5S.ClH/c1-36-26-15-19(17-30-10-5-13-40-28-31-32-33-34(28)21-6-3-2-4-7-21)14-22(29)27(26)39-18-23(35)20-8-9-24-25(16-20)38-12-11-37-24;/h2-4,6-9,14-16,23,30,35H,5,10-13,17-18H2,1H3;1H. The summed E-state index contributed by atoms with van der Waals surface area (Å²) in [6, 6.07) is 19.2. The van der Waals surface area contributed by atoms with Crippen LogP contribution in [-0.4, -0.2) is 64.5 Å². The second-order valence-corrected chi connectivity index (χ2v) is 10.8. The summed E-state index contributed by atoms with van der Waals surface area (Å²) in [7, 11) is 1.60. The molecular formula is C28H31BrClN5O5S. The first-order valence-corrected chi connectivity index (χ1v) is 14.6. The zero-order valence-electron chi connectivity index (χ0n) is 22.4. The van der Waals surface area contributed by atoms with Crippen LogP contribution in [0.15, 0.2) is 70.3 Å². The highest BCUT2D eigenvalue weighted by molar-refractivity contribution is 9.10. The average Bonchev–Trinajstić information content (AvgIpc) is 3.46. The summed E-state index contributed by atoms with van der Waals surface area (Å²) in [5.41, 5.74) is 2.68. The van der Waals surface area contributed by atoms with E-state index in [9.17, 15) is 5.11 Å². The molecule has 0 saturated heterocycles. The van der Waals surface area contributed by atoms with Gasteiger partial charge in [-0.3, -0.25) is 0 Å². The number of thioether (sulfide) groups is 1. The lowest BCUT2D eigenvalue weighted by Gasteiger charge is -2.21. The van der Waals surface area contributed by atoms with Crippen LogP contribution in [-0.2, 0) is 6.54 Å². The molecule has 1 aromatic heterocycles. The Morgan fingerprint density at radius 1 is 1.10 bits per heavy atom. The Balaban J connectivity index is 0.00000387. The molecule has 1 atom stereocenters. The van der Waals surface area contributed by atoms with Crippen LogP contribution in [0.5, 0.6) is 23.0 Å². The molecule has 41 heavy (non-hydrogen) atoms. The van der Waals surface area contributed by atoms with Crippen molar-refractivity contribution in [2.24, 2.45) is 0 Å². The molecule has 10 nitrogen and oxygen atoms in total. The predicted molar refractivity (Wildman–Crippen MR) is 162 cm³/mol. The number of methoxy groups -OCH3 is 1. The van der Waals surface area contributed by atoms with Crippen molar-refractivity contribution in [3.05, 3.63) is 76.3 Å². The van der Waals surface area contributed by atoms with Gasteiger partial charge in [0.25, 0.3) is 0 Å². The average molecular weight is 665 g/mol. The van der Waals surface area contributed by atoms with Crippen LogP contribution in [0.4, 0.5) is 0 Å². The summed E-state index contributed by atoms with van der Waals surface area (Å²) in [5, 5.41) is 27.0. The molecule has 218 valence electrons. The number of ether oxygens (including phenoxy) is 4. The molecule has 0 aliphatic carbocycles. The Labute approximate surface area is 257 Å². The monoisotopic (exact) mass is 663 g/mol. The normalized spacial score (nSPS) is 12.9. The fourth-order valence-corrected chi connectivity index (χ4v) is 5.57. The van der Waals surface area contributed by atoms with Crippen LogP contribution in [0.2, 0.25) is 0 Å². The van der Waals surface area contributed by atoms with Crippen molar-refractivity contribution in [1.82, 2.24) is 25.5 Å². The highest BCUT2D eigenvalue weighted by atomic mass is 79.9. The maximum atomic E-state index is 10.7. The van der Waals surface area contributed by atoms with Crippen molar-refractivity contribution in [2.75, 3.05) is 39.2 Å². The van der Waals surface area contributed by atoms with Gasteiger partial charge in [0.05, 0.1) is 17.3 Å². The van der Waals surface area contributed by atoms with Crippen LogP contribution in [0, 0.1) is 0 Å². The number of hydrogen-bond acceptors (Lipinski definition) is 10. The van der Waals surface area contributed by atoms with Crippen molar-refractivity contribution in [3.63, 3.8) is 0 Å². The fourth-order valence-electron chi connectivity index (χ4n) is 4.13. The van der Waals surface area contributed by atoms with Crippen LogP contribution in [0.3, 0.4) is 0 Å². The molecule has 3 aromatic carbocycles. The summed E-state index contributed by atoms with van der Waals surface area (Å²) in [6.07, 6.45) is 0.104. The van der Waals surface area contributed by atoms with Gasteiger partial charge in [0.2, 0.25) is 5.16 Å². The van der Waals surface area contributed by atoms with E-state index in [2.05, 4.69) is 36.8 Å². The van der Waals surface area contributed by atoms with E-state index in [0.29, 0.717) is 48.3 Å². The lowest BCUT2D eigenvalue weighted by atomic mass is 10.1. The SMILES string of the molecule is COc1cc(CNCCCSc2nnnn2-c2ccccc2)cc(Br)c1OCC(O)c1ccc2c(c1)OCCO2.Cl. The van der Waals surface area contributed by atoms with Gasteiger partial charge in [0, 0.05) is 12.3 Å². The number of halogens is 2. The molecule has 13 heteroatoms. The number of para-hydroxylation sites is 1. The van der Waals surface area contributed by atoms with E-state index >= 15 is 0 Å². The lowest BCUT2D eigenvalue weighted by Crippen LogP contribution is -2.17. The third-order valence-electron chi connectivity index (χ3n) is 6.13. The molecule has 0 amide bonds. The maximum Gasteiger partial charge on any atom is 0.214 e. The highest BCUT2D eigenvalue weighted by Gasteiger charge is 2.18. The number of benzene rings is 3. The van der Waals surface area contributed by atoms with E-state index in [4.69, 9.17) is 18.9 Å². The van der Waals surface area contributed by atoms with Crippen LogP contribution < -0.4 is 24.3 Å². The minimum atomic E-state index is -0.844. The molecule has 2 heterocycles. The molecular weight excluding hydrogens is 634 g/mol. The van der Waals surface area contributed by atoms with Gasteiger partial charge in [-0.1, -0.05) is 36.0 Å². The first-order chi connectivity index (χ1) is 19.6. The topological polar surface area (TPSA) is 113 Å². The lowest BCUT2D eigenvalue weighted by molar-refractivity contribution is 0.105. The number of nitrogens with one attached hydrogen (secondary N) is 1. The van der Waals surface area contributed by atoms with Gasteiger partial charge in [0.1, 0.15) is 25.9 Å². The Morgan fingerprint density at radius 2 is 1.90 bits per heavy atom. The van der Waals surface area contributed by atoms with Crippen LogP contribution in [0.25, 0.3) is 5.69 Å². The second kappa shape index (κ2) is 15.3. The van der Waals surface area contributed by atoms with E-state index in [-0.39, 0.29) is 19.0 Å². The number of tetrazole rings is 1. The third kappa shape index (κ3) is 8.04. The van der Waals surface area contributed by atoms with Gasteiger partial charge >= 0.3 is 0 Å². The first-order valence-electron chi connectivity index (χ1n) is 12.9. The number of aliphatic hydroxyl groups excluding tert-OH is 1. The van der Waals surface area contributed by atoms with E-state index in [0.717, 1.165) is 39.6 Å². The summed E-state index contributed by atoms with van der Waals surface area (Å²) in [5.74, 6) is 3.31. The van der Waals surface area contributed by atoms with Crippen molar-refractivity contribution in [3.8, 4) is 28.7 Å². The van der Waals surface area contributed by atoms with Gasteiger partial charge < -0.3 is 29.4 Å². The second-order valence-electron chi connectivity index (χ2n) is 8.93. The van der Waals surface area contributed by atoms with E-state index in [1.54, 1.807) is 35.7 Å². The Bertz CT molecular complexity index is 1410. The van der Waals surface area contributed by atoms with Gasteiger partial charge in [-0.05, 0) is 86.8 Å². The summed E-state index contributed by atoms with van der Waals surface area (Å²) >= 11 is 5.23. The molecule has 0 saturated carbocycles. The van der Waals surface area contributed by atoms with Crippen molar-refractivity contribution in [1.29, 1.82) is 0 Å². The minimum absolute atomic E-state index is 0. The molecule has 4 aromatic rings. The van der Waals surface area contributed by atoms with Crippen molar-refractivity contribution in [2.45, 2.75) is 24.2 Å². The largest absolute Gasteiger partial charge is 0.493 e. The number of nitrogens with zero attached hydrogens (tertiary/aromatic N) is 4. The number of hydrogen-bond donors (Lipinski definition) is 2. The van der Waals surface area contributed by atoms with E-state index in [1.807, 2.05) is 48.5 Å². The summed E-state index contributed by atoms with van der Waals surface area (Å²) in [6.45, 7) is 2.57. The number of fused-ring (bicyclic) bond motifs is 1. The van der Waals surface area contributed by atoms with Crippen molar-refractivity contribution >= 4 is 40.1 Å². The first kappa shape index (κ1) is 30.9. The zero-order chi connectivity index (χ0) is 27.7. The maximum absolute atomic E-state index is 10.7. The van der Waals surface area contributed by atoms with E-state index in [1.165, 1.54) is 0 Å². The van der Waals surface area contributed by atoms with Gasteiger partial charge in [-0.15, -0.1) is 17.5 Å². The molecule has 0 bridgehead atoms. The molecule has 0 spiro atoms. The third-order valence-corrected chi connectivity index (χ3v) is 7.72. The van der Waals surface area contributed by atoms with Crippen molar-refractivity contribution < 1.29 is 24.1 Å². The molecule has 1 aliphatic heterocycles. The molecule has 1 unspecified atom stereocenters. The summed E-state index contributed by atoms with van der Waals surface area (Å²) < 4.78 is 25.2. The minimum Gasteiger partial charge on any atom is -0.493 e. The molecule has 1 aliphatic rings. The Hall–Kier alpha value is -3.03. The van der Waals surface area contributed by atoms with E-state index < -0.39 is 6.10 Å². The van der Waals surface area contributed by atoms with Gasteiger partial charge in [-0.25, -0.2) is 0 Å². The number of aliphatic hydroxyl groups is 1. The molecule has 0 radical (unpaired) electrons. The number of aromatic nitrogens is 4. The summed E-state index contributed by atoms with van der Waals surface area (Å²) in [4.78, 5) is 0. The highest BCUT2D eigenvalue weighted by Crippen LogP contribution is 2.38. The number of rotatable bonds is 13. The quantitative estimate of drug-likeness (QED) is 0.149. The zero-order valence-corrected chi connectivity index (χ0v) is 25.6. The fraction of sp³-hybridized carbons (Fsp3) is 0.321. The molecule has 5 rings (SSSR count).